The zero-order valence-corrected chi connectivity index (χ0v) is 11.7. The smallest absolute Gasteiger partial charge is 0.308 e. The number of carboxylic acids is 1. The van der Waals surface area contributed by atoms with Gasteiger partial charge < -0.3 is 10.0 Å². The molecule has 1 atom stereocenters. The summed E-state index contributed by atoms with van der Waals surface area (Å²) in [4.78, 5) is 24.9. The molecule has 0 saturated carbocycles. The van der Waals surface area contributed by atoms with Gasteiger partial charge in [0, 0.05) is 18.7 Å². The van der Waals surface area contributed by atoms with E-state index in [1.54, 1.807) is 17.9 Å². The molecule has 1 N–H and O–H groups in total. The maximum atomic E-state index is 12.4. The maximum absolute atomic E-state index is 12.4. The Labute approximate surface area is 114 Å². The summed E-state index contributed by atoms with van der Waals surface area (Å²) < 4.78 is 0. The monoisotopic (exact) mass is 263 g/mol. The Kier molecular flexibility index (Phi) is 5.55. The van der Waals surface area contributed by atoms with Gasteiger partial charge >= 0.3 is 5.97 Å². The first-order valence-electron chi connectivity index (χ1n) is 6.54. The molecule has 0 aliphatic rings. The highest BCUT2D eigenvalue weighted by Gasteiger charge is 2.20. The Morgan fingerprint density at radius 2 is 2.05 bits per heavy atom. The van der Waals surface area contributed by atoms with Crippen molar-refractivity contribution in [3.63, 3.8) is 0 Å². The number of aryl methyl sites for hydroxylation is 1. The second-order valence-electron chi connectivity index (χ2n) is 4.86. The summed E-state index contributed by atoms with van der Waals surface area (Å²) in [7, 11) is 0. The van der Waals surface area contributed by atoms with Crippen LogP contribution in [0.1, 0.15) is 36.2 Å². The number of hydrogen-bond acceptors (Lipinski definition) is 2. The van der Waals surface area contributed by atoms with Crippen LogP contribution in [0.5, 0.6) is 0 Å². The van der Waals surface area contributed by atoms with E-state index in [4.69, 9.17) is 5.11 Å². The van der Waals surface area contributed by atoms with Crippen molar-refractivity contribution in [2.45, 2.75) is 27.2 Å². The summed E-state index contributed by atoms with van der Waals surface area (Å²) in [6.07, 6.45) is 0.809. The highest BCUT2D eigenvalue weighted by atomic mass is 16.4. The zero-order valence-electron chi connectivity index (χ0n) is 11.7. The quantitative estimate of drug-likeness (QED) is 0.858. The average molecular weight is 263 g/mol. The Hall–Kier alpha value is -1.84. The molecule has 1 rings (SSSR count). The predicted molar refractivity (Wildman–Crippen MR) is 74.2 cm³/mol. The number of benzene rings is 1. The molecule has 0 heterocycles. The molecule has 4 nitrogen and oxygen atoms in total. The van der Waals surface area contributed by atoms with Gasteiger partial charge in [0.1, 0.15) is 0 Å². The Morgan fingerprint density at radius 3 is 2.58 bits per heavy atom. The molecule has 0 aromatic heterocycles. The first-order chi connectivity index (χ1) is 8.95. The minimum Gasteiger partial charge on any atom is -0.481 e. The van der Waals surface area contributed by atoms with Gasteiger partial charge in [-0.3, -0.25) is 9.59 Å². The van der Waals surface area contributed by atoms with Crippen LogP contribution in [0.2, 0.25) is 0 Å². The van der Waals surface area contributed by atoms with Crippen molar-refractivity contribution in [3.8, 4) is 0 Å². The molecule has 0 bridgehead atoms. The molecular formula is C15H21NO3. The van der Waals surface area contributed by atoms with Crippen LogP contribution < -0.4 is 0 Å². The lowest BCUT2D eigenvalue weighted by molar-refractivity contribution is -0.141. The molecule has 0 radical (unpaired) electrons. The Bertz CT molecular complexity index is 456. The van der Waals surface area contributed by atoms with Crippen LogP contribution in [0.25, 0.3) is 0 Å². The molecule has 0 aliphatic heterocycles. The van der Waals surface area contributed by atoms with Crippen LogP contribution >= 0.6 is 0 Å². The van der Waals surface area contributed by atoms with Gasteiger partial charge in [-0.05, 0) is 25.5 Å². The molecule has 1 unspecified atom stereocenters. The number of carbonyl (C=O) groups is 2. The molecule has 1 aromatic carbocycles. The average Bonchev–Trinajstić information content (AvgIpc) is 2.37. The lowest BCUT2D eigenvalue weighted by atomic mass is 10.1. The second kappa shape index (κ2) is 6.92. The molecule has 4 heteroatoms. The third-order valence-electron chi connectivity index (χ3n) is 2.96. The van der Waals surface area contributed by atoms with Gasteiger partial charge in [-0.15, -0.1) is 0 Å². The molecule has 0 saturated heterocycles. The number of carboxylic acid groups (broad SMARTS) is 1. The van der Waals surface area contributed by atoms with Crippen molar-refractivity contribution < 1.29 is 14.7 Å². The van der Waals surface area contributed by atoms with E-state index >= 15 is 0 Å². The summed E-state index contributed by atoms with van der Waals surface area (Å²) in [5.41, 5.74) is 1.64. The number of nitrogens with zero attached hydrogens (tertiary/aromatic N) is 1. The summed E-state index contributed by atoms with van der Waals surface area (Å²) in [6.45, 7) is 6.34. The molecular weight excluding hydrogens is 242 g/mol. The Morgan fingerprint density at radius 1 is 1.37 bits per heavy atom. The number of aliphatic carboxylic acids is 1. The second-order valence-corrected chi connectivity index (χ2v) is 4.86. The molecule has 0 fully saturated rings. The van der Waals surface area contributed by atoms with E-state index in [9.17, 15) is 9.59 Å². The topological polar surface area (TPSA) is 57.6 Å². The normalized spacial score (nSPS) is 11.9. The number of rotatable bonds is 6. The molecule has 19 heavy (non-hydrogen) atoms. The highest BCUT2D eigenvalue weighted by Crippen LogP contribution is 2.10. The lowest BCUT2D eigenvalue weighted by Crippen LogP contribution is -2.37. The van der Waals surface area contributed by atoms with Crippen LogP contribution in [0.3, 0.4) is 0 Å². The number of amides is 1. The van der Waals surface area contributed by atoms with Gasteiger partial charge in [0.05, 0.1) is 5.92 Å². The third-order valence-corrected chi connectivity index (χ3v) is 2.96. The van der Waals surface area contributed by atoms with Gasteiger partial charge in [-0.1, -0.05) is 31.5 Å². The van der Waals surface area contributed by atoms with Crippen LogP contribution in [0, 0.1) is 12.8 Å². The van der Waals surface area contributed by atoms with Crippen LogP contribution in [-0.4, -0.2) is 35.0 Å². The van der Waals surface area contributed by atoms with Gasteiger partial charge in [0.15, 0.2) is 0 Å². The van der Waals surface area contributed by atoms with Crippen LogP contribution in [0.15, 0.2) is 24.3 Å². The van der Waals surface area contributed by atoms with Gasteiger partial charge in [0.2, 0.25) is 0 Å². The van der Waals surface area contributed by atoms with Crippen molar-refractivity contribution in [2.24, 2.45) is 5.92 Å². The minimum atomic E-state index is -0.877. The molecule has 0 aliphatic carbocycles. The van der Waals surface area contributed by atoms with Crippen molar-refractivity contribution in [1.82, 2.24) is 4.90 Å². The van der Waals surface area contributed by atoms with Crippen LogP contribution in [-0.2, 0) is 4.79 Å². The van der Waals surface area contributed by atoms with E-state index in [1.807, 2.05) is 32.0 Å². The fourth-order valence-electron chi connectivity index (χ4n) is 1.92. The predicted octanol–water partition coefficient (Wildman–Crippen LogP) is 2.57. The summed E-state index contributed by atoms with van der Waals surface area (Å²) >= 11 is 0. The zero-order chi connectivity index (χ0) is 14.4. The number of carbonyl (C=O) groups excluding carboxylic acids is 1. The highest BCUT2D eigenvalue weighted by molar-refractivity contribution is 5.94. The van der Waals surface area contributed by atoms with Gasteiger partial charge in [-0.2, -0.15) is 0 Å². The molecule has 1 amide bonds. The summed E-state index contributed by atoms with van der Waals surface area (Å²) in [5.74, 6) is -1.53. The van der Waals surface area contributed by atoms with Crippen molar-refractivity contribution in [2.75, 3.05) is 13.1 Å². The maximum Gasteiger partial charge on any atom is 0.308 e. The van der Waals surface area contributed by atoms with Crippen molar-refractivity contribution in [1.29, 1.82) is 0 Å². The van der Waals surface area contributed by atoms with E-state index in [1.165, 1.54) is 0 Å². The van der Waals surface area contributed by atoms with E-state index in [0.29, 0.717) is 12.1 Å². The SMILES string of the molecule is CCCN(CC(C)C(=O)O)C(=O)c1cccc(C)c1. The first kappa shape index (κ1) is 15.2. The standard InChI is InChI=1S/C15H21NO3/c1-4-8-16(10-12(3)15(18)19)14(17)13-7-5-6-11(2)9-13/h5-7,9,12H,4,8,10H2,1-3H3,(H,18,19). The van der Waals surface area contributed by atoms with E-state index < -0.39 is 11.9 Å². The van der Waals surface area contributed by atoms with Crippen molar-refractivity contribution in [3.05, 3.63) is 35.4 Å². The molecule has 0 spiro atoms. The van der Waals surface area contributed by atoms with E-state index in [-0.39, 0.29) is 12.5 Å². The lowest BCUT2D eigenvalue weighted by Gasteiger charge is -2.24. The minimum absolute atomic E-state index is 0.0985. The van der Waals surface area contributed by atoms with Gasteiger partial charge in [0.25, 0.3) is 5.91 Å². The van der Waals surface area contributed by atoms with Crippen LogP contribution in [0.4, 0.5) is 0 Å². The molecule has 104 valence electrons. The fourth-order valence-corrected chi connectivity index (χ4v) is 1.92. The third kappa shape index (κ3) is 4.39. The number of hydrogen-bond donors (Lipinski definition) is 1. The Balaban J connectivity index is 2.86. The van der Waals surface area contributed by atoms with E-state index in [2.05, 4.69) is 0 Å². The summed E-state index contributed by atoms with van der Waals surface area (Å²) in [5, 5.41) is 8.96. The van der Waals surface area contributed by atoms with Gasteiger partial charge in [-0.25, -0.2) is 0 Å². The largest absolute Gasteiger partial charge is 0.481 e. The molecule has 1 aromatic rings. The summed E-state index contributed by atoms with van der Waals surface area (Å²) in [6, 6.07) is 7.37. The first-order valence-corrected chi connectivity index (χ1v) is 6.54. The fraction of sp³-hybridized carbons (Fsp3) is 0.467. The van der Waals surface area contributed by atoms with E-state index in [0.717, 1.165) is 12.0 Å². The van der Waals surface area contributed by atoms with Crippen molar-refractivity contribution >= 4 is 11.9 Å².